The molecule has 0 aromatic heterocycles. The van der Waals surface area contributed by atoms with Gasteiger partial charge < -0.3 is 0 Å². The quantitative estimate of drug-likeness (QED) is 0.318. The van der Waals surface area contributed by atoms with Crippen LogP contribution in [0.25, 0.3) is 0 Å². The Morgan fingerprint density at radius 3 is 2.86 bits per heavy atom. The highest BCUT2D eigenvalue weighted by atomic mass is 19.1. The van der Waals surface area contributed by atoms with Gasteiger partial charge in [0.25, 0.3) is 0 Å². The molecule has 0 atom stereocenters. The molecule has 1 aromatic carbocycles. The largest absolute Gasteiger partial charge is 0.305 e. The van der Waals surface area contributed by atoms with Gasteiger partial charge in [-0.05, 0) is 11.6 Å². The number of rotatable bonds is 3. The lowest BCUT2D eigenvalue weighted by molar-refractivity contribution is -0.387. The van der Waals surface area contributed by atoms with Crippen LogP contribution in [0.3, 0.4) is 0 Å². The first-order valence-electron chi connectivity index (χ1n) is 3.61. The molecule has 72 valence electrons. The smallest absolute Gasteiger partial charge is 0.258 e. The van der Waals surface area contributed by atoms with Crippen molar-refractivity contribution in [2.45, 2.75) is 6.54 Å². The van der Waals surface area contributed by atoms with E-state index < -0.39 is 16.4 Å². The van der Waals surface area contributed by atoms with Crippen LogP contribution in [0.1, 0.15) is 5.56 Å². The molecule has 1 rings (SSSR count). The molecule has 0 radical (unpaired) electrons. The first-order valence-corrected chi connectivity index (χ1v) is 3.61. The molecule has 0 aliphatic rings. The molecule has 0 N–H and O–H groups in total. The molecule has 1 aromatic rings. The number of benzene rings is 1. The van der Waals surface area contributed by atoms with Gasteiger partial charge in [-0.15, -0.1) is 0 Å². The van der Waals surface area contributed by atoms with E-state index in [1.54, 1.807) is 0 Å². The minimum Gasteiger partial charge on any atom is -0.258 e. The maximum Gasteiger partial charge on any atom is 0.305 e. The van der Waals surface area contributed by atoms with E-state index in [1.165, 1.54) is 12.1 Å². The highest BCUT2D eigenvalue weighted by Crippen LogP contribution is 2.18. The van der Waals surface area contributed by atoms with Crippen molar-refractivity contribution < 1.29 is 14.1 Å². The number of hydrogen-bond donors (Lipinski definition) is 0. The molecule has 6 heteroatoms. The Bertz CT molecular complexity index is 413. The van der Waals surface area contributed by atoms with Crippen LogP contribution in [0.5, 0.6) is 0 Å². The van der Waals surface area contributed by atoms with Gasteiger partial charge in [0.05, 0.1) is 11.5 Å². The molecule has 0 saturated carbocycles. The van der Waals surface area contributed by atoms with Crippen molar-refractivity contribution in [3.05, 3.63) is 39.7 Å². The highest BCUT2D eigenvalue weighted by Gasteiger charge is 2.13. The Morgan fingerprint density at radius 2 is 2.29 bits per heavy atom. The minimum absolute atomic E-state index is 0.0371. The molecule has 0 unspecified atom stereocenters. The lowest BCUT2D eigenvalue weighted by Gasteiger charge is -1.96. The minimum atomic E-state index is -0.908. The van der Waals surface area contributed by atoms with Crippen molar-refractivity contribution in [3.63, 3.8) is 0 Å². The van der Waals surface area contributed by atoms with E-state index in [4.69, 9.17) is 0 Å². The number of nitro groups is 1. The summed E-state index contributed by atoms with van der Waals surface area (Å²) in [6.07, 6.45) is 1.29. The molecule has 0 heterocycles. The van der Waals surface area contributed by atoms with Crippen LogP contribution in [0.15, 0.2) is 23.2 Å². The molecule has 14 heavy (non-hydrogen) atoms. The predicted molar refractivity (Wildman–Crippen MR) is 44.9 cm³/mol. The zero-order chi connectivity index (χ0) is 10.6. The monoisotopic (exact) mass is 196 g/mol. The van der Waals surface area contributed by atoms with E-state index >= 15 is 0 Å². The van der Waals surface area contributed by atoms with Crippen LogP contribution in [-0.4, -0.2) is 11.0 Å². The molecule has 0 saturated heterocycles. The van der Waals surface area contributed by atoms with Gasteiger partial charge in [-0.25, -0.2) is 9.79 Å². The molecule has 0 amide bonds. The summed E-state index contributed by atoms with van der Waals surface area (Å²) in [6.45, 7) is -0.0371. The fourth-order valence-corrected chi connectivity index (χ4v) is 0.920. The summed E-state index contributed by atoms with van der Waals surface area (Å²) >= 11 is 0. The number of isocyanates is 1. The Balaban J connectivity index is 3.06. The van der Waals surface area contributed by atoms with Crippen LogP contribution in [0.4, 0.5) is 10.1 Å². The van der Waals surface area contributed by atoms with Crippen LogP contribution < -0.4 is 0 Å². The number of nitrogens with zero attached hydrogens (tertiary/aromatic N) is 2. The molecule has 0 aliphatic heterocycles. The average Bonchev–Trinajstić information content (AvgIpc) is 2.16. The zero-order valence-corrected chi connectivity index (χ0v) is 6.94. The summed E-state index contributed by atoms with van der Waals surface area (Å²) in [7, 11) is 0. The van der Waals surface area contributed by atoms with E-state index in [1.807, 2.05) is 0 Å². The third-order valence-electron chi connectivity index (χ3n) is 1.53. The Morgan fingerprint density at radius 1 is 1.57 bits per heavy atom. The van der Waals surface area contributed by atoms with E-state index in [9.17, 15) is 19.3 Å². The Kier molecular flexibility index (Phi) is 3.04. The summed E-state index contributed by atoms with van der Waals surface area (Å²) in [4.78, 5) is 22.5. The van der Waals surface area contributed by atoms with Gasteiger partial charge in [-0.1, -0.05) is 6.07 Å². The van der Waals surface area contributed by atoms with Crippen LogP contribution in [-0.2, 0) is 11.3 Å². The van der Waals surface area contributed by atoms with Crippen molar-refractivity contribution in [1.82, 2.24) is 0 Å². The molecule has 0 fully saturated rings. The van der Waals surface area contributed by atoms with Gasteiger partial charge in [0.1, 0.15) is 0 Å². The number of nitro benzene ring substituents is 1. The van der Waals surface area contributed by atoms with Gasteiger partial charge in [0.15, 0.2) is 0 Å². The van der Waals surface area contributed by atoms with Crippen molar-refractivity contribution in [2.75, 3.05) is 0 Å². The maximum atomic E-state index is 12.8. The number of hydrogen-bond acceptors (Lipinski definition) is 4. The van der Waals surface area contributed by atoms with Gasteiger partial charge in [-0.3, -0.25) is 10.1 Å². The molecule has 0 aliphatic carbocycles. The Hall–Kier alpha value is -2.07. The summed E-state index contributed by atoms with van der Waals surface area (Å²) in [5.41, 5.74) is -0.231. The fourth-order valence-electron chi connectivity index (χ4n) is 0.920. The summed E-state index contributed by atoms with van der Waals surface area (Å²) in [6, 6.07) is 3.33. The molecular formula is C8H5FN2O3. The van der Waals surface area contributed by atoms with Crippen molar-refractivity contribution in [3.8, 4) is 0 Å². The molecule has 0 spiro atoms. The van der Waals surface area contributed by atoms with Crippen molar-refractivity contribution in [1.29, 1.82) is 0 Å². The van der Waals surface area contributed by atoms with Crippen molar-refractivity contribution >= 4 is 11.8 Å². The normalized spacial score (nSPS) is 9.21. The van der Waals surface area contributed by atoms with Crippen LogP contribution in [0.2, 0.25) is 0 Å². The highest BCUT2D eigenvalue weighted by molar-refractivity contribution is 5.38. The molecule has 0 bridgehead atoms. The SMILES string of the molecule is O=C=NCc1ccc(F)c([N+](=O)[O-])c1. The van der Waals surface area contributed by atoms with E-state index in [0.29, 0.717) is 5.56 Å². The van der Waals surface area contributed by atoms with Crippen LogP contribution >= 0.6 is 0 Å². The van der Waals surface area contributed by atoms with Gasteiger partial charge in [-0.2, -0.15) is 4.39 Å². The zero-order valence-electron chi connectivity index (χ0n) is 6.94. The summed E-state index contributed by atoms with van der Waals surface area (Å²) < 4.78 is 12.8. The maximum absolute atomic E-state index is 12.8. The van der Waals surface area contributed by atoms with Gasteiger partial charge >= 0.3 is 5.69 Å². The number of aliphatic imine (C=N–C) groups is 1. The first-order chi connectivity index (χ1) is 6.65. The lowest BCUT2D eigenvalue weighted by Crippen LogP contribution is -1.94. The second-order valence-corrected chi connectivity index (χ2v) is 2.45. The fraction of sp³-hybridized carbons (Fsp3) is 0.125. The predicted octanol–water partition coefficient (Wildman–Crippen LogP) is 1.57. The topological polar surface area (TPSA) is 72.6 Å². The first kappa shape index (κ1) is 10.0. The lowest BCUT2D eigenvalue weighted by atomic mass is 10.2. The number of carbonyl (C=O) groups excluding carboxylic acids is 1. The second-order valence-electron chi connectivity index (χ2n) is 2.45. The van der Waals surface area contributed by atoms with Crippen molar-refractivity contribution in [2.24, 2.45) is 4.99 Å². The molecular weight excluding hydrogens is 191 g/mol. The third kappa shape index (κ3) is 2.21. The van der Waals surface area contributed by atoms with Crippen LogP contribution in [0, 0.1) is 15.9 Å². The van der Waals surface area contributed by atoms with Gasteiger partial charge in [0.2, 0.25) is 11.9 Å². The van der Waals surface area contributed by atoms with Gasteiger partial charge in [0, 0.05) is 6.07 Å². The standard InChI is InChI=1S/C8H5FN2O3/c9-7-2-1-6(4-10-5-12)3-8(7)11(13)14/h1-3H,4H2. The average molecular weight is 196 g/mol. The molecule has 5 nitrogen and oxygen atoms in total. The third-order valence-corrected chi connectivity index (χ3v) is 1.53. The summed E-state index contributed by atoms with van der Waals surface area (Å²) in [5.74, 6) is -0.908. The van der Waals surface area contributed by atoms with E-state index in [2.05, 4.69) is 4.99 Å². The van der Waals surface area contributed by atoms with E-state index in [0.717, 1.165) is 12.1 Å². The van der Waals surface area contributed by atoms with E-state index in [-0.39, 0.29) is 6.54 Å². The Labute approximate surface area is 78.0 Å². The summed E-state index contributed by atoms with van der Waals surface area (Å²) in [5, 5.41) is 10.3. The number of halogens is 1. The second kappa shape index (κ2) is 4.25.